The molecule has 0 heterocycles. The van der Waals surface area contributed by atoms with E-state index in [-0.39, 0.29) is 6.04 Å². The first-order chi connectivity index (χ1) is 6.50. The molecule has 0 saturated heterocycles. The molecule has 1 aromatic rings. The van der Waals surface area contributed by atoms with E-state index in [1.54, 1.807) is 6.21 Å². The zero-order valence-corrected chi connectivity index (χ0v) is 12.3. The summed E-state index contributed by atoms with van der Waals surface area (Å²) in [4.78, 5) is 4.25. The highest BCUT2D eigenvalue weighted by Crippen LogP contribution is 2.25. The molecule has 2 nitrogen and oxygen atoms in total. The Morgan fingerprint density at radius 3 is 2.57 bits per heavy atom. The van der Waals surface area contributed by atoms with Crippen molar-refractivity contribution in [1.82, 2.24) is 0 Å². The molecular weight excluding hydrogens is 404 g/mol. The fraction of sp³-hybridized carbons (Fsp3) is 0.300. The van der Waals surface area contributed by atoms with E-state index in [9.17, 15) is 5.11 Å². The highest BCUT2D eigenvalue weighted by molar-refractivity contribution is 14.1. The van der Waals surface area contributed by atoms with Gasteiger partial charge in [0.25, 0.3) is 0 Å². The number of hydrogen-bond acceptors (Lipinski definition) is 2. The third-order valence-corrected chi connectivity index (χ3v) is 3.01. The van der Waals surface area contributed by atoms with Crippen molar-refractivity contribution < 1.29 is 5.11 Å². The fourth-order valence-electron chi connectivity index (χ4n) is 0.914. The number of hydrogen-bond donors (Lipinski definition) is 1. The van der Waals surface area contributed by atoms with Crippen molar-refractivity contribution >= 4 is 51.4 Å². The van der Waals surface area contributed by atoms with Crippen LogP contribution >= 0.6 is 45.2 Å². The lowest BCUT2D eigenvalue weighted by Crippen LogP contribution is -1.92. The maximum atomic E-state index is 9.73. The number of benzene rings is 1. The summed E-state index contributed by atoms with van der Waals surface area (Å²) in [6, 6.07) is 4.11. The van der Waals surface area contributed by atoms with Gasteiger partial charge in [-0.25, -0.2) is 0 Å². The topological polar surface area (TPSA) is 32.6 Å². The Balaban J connectivity index is 3.08. The van der Waals surface area contributed by atoms with Gasteiger partial charge in [-0.1, -0.05) is 0 Å². The lowest BCUT2D eigenvalue weighted by molar-refractivity contribution is 0.470. The normalized spacial score (nSPS) is 11.5. The fourth-order valence-corrected chi connectivity index (χ4v) is 2.80. The highest BCUT2D eigenvalue weighted by atomic mass is 127. The average molecular weight is 415 g/mol. The van der Waals surface area contributed by atoms with Gasteiger partial charge in [-0.15, -0.1) is 0 Å². The predicted octanol–water partition coefficient (Wildman–Crippen LogP) is 3.43. The minimum Gasteiger partial charge on any atom is -0.506 e. The molecule has 0 aliphatic carbocycles. The second-order valence-corrected chi connectivity index (χ2v) is 5.61. The van der Waals surface area contributed by atoms with Crippen molar-refractivity contribution in [1.29, 1.82) is 0 Å². The lowest BCUT2D eigenvalue weighted by atomic mass is 10.2. The molecular formula is C10H11I2NO. The molecule has 14 heavy (non-hydrogen) atoms. The van der Waals surface area contributed by atoms with Crippen molar-refractivity contribution in [3.63, 3.8) is 0 Å². The van der Waals surface area contributed by atoms with E-state index < -0.39 is 0 Å². The van der Waals surface area contributed by atoms with Gasteiger partial charge in [0.2, 0.25) is 0 Å². The van der Waals surface area contributed by atoms with Gasteiger partial charge < -0.3 is 5.11 Å². The van der Waals surface area contributed by atoms with E-state index in [1.807, 2.05) is 26.0 Å². The molecule has 0 amide bonds. The second kappa shape index (κ2) is 5.29. The zero-order chi connectivity index (χ0) is 10.7. The molecule has 76 valence electrons. The molecule has 0 aliphatic rings. The van der Waals surface area contributed by atoms with E-state index in [2.05, 4.69) is 50.2 Å². The third kappa shape index (κ3) is 3.38. The molecule has 0 saturated carbocycles. The number of nitrogens with zero attached hydrogens (tertiary/aromatic N) is 1. The maximum Gasteiger partial charge on any atom is 0.137 e. The third-order valence-electron chi connectivity index (χ3n) is 1.57. The van der Waals surface area contributed by atoms with Gasteiger partial charge in [0.05, 0.1) is 3.57 Å². The molecule has 0 unspecified atom stereocenters. The number of phenolic OH excluding ortho intramolecular Hbond substituents is 1. The summed E-state index contributed by atoms with van der Waals surface area (Å²) in [5, 5.41) is 9.73. The summed E-state index contributed by atoms with van der Waals surface area (Å²) in [5.41, 5.74) is 0.787. The smallest absolute Gasteiger partial charge is 0.137 e. The van der Waals surface area contributed by atoms with Crippen molar-refractivity contribution in [2.24, 2.45) is 4.99 Å². The van der Waals surface area contributed by atoms with Crippen LogP contribution in [0.25, 0.3) is 0 Å². The summed E-state index contributed by atoms with van der Waals surface area (Å²) in [7, 11) is 0. The van der Waals surface area contributed by atoms with Crippen LogP contribution in [-0.4, -0.2) is 17.4 Å². The van der Waals surface area contributed by atoms with Crippen LogP contribution in [0.1, 0.15) is 19.4 Å². The van der Waals surface area contributed by atoms with Gasteiger partial charge in [-0.3, -0.25) is 4.99 Å². The van der Waals surface area contributed by atoms with Crippen LogP contribution in [0.15, 0.2) is 17.1 Å². The Bertz CT molecular complexity index is 361. The largest absolute Gasteiger partial charge is 0.506 e. The molecule has 0 spiro atoms. The monoisotopic (exact) mass is 415 g/mol. The van der Waals surface area contributed by atoms with Gasteiger partial charge in [-0.2, -0.15) is 0 Å². The van der Waals surface area contributed by atoms with Crippen molar-refractivity contribution in [2.45, 2.75) is 19.9 Å². The Morgan fingerprint density at radius 1 is 1.36 bits per heavy atom. The first-order valence-corrected chi connectivity index (χ1v) is 6.37. The van der Waals surface area contributed by atoms with E-state index in [0.29, 0.717) is 5.75 Å². The van der Waals surface area contributed by atoms with Crippen molar-refractivity contribution in [2.75, 3.05) is 0 Å². The summed E-state index contributed by atoms with van der Waals surface area (Å²) in [5.74, 6) is 0.315. The van der Waals surface area contributed by atoms with Crippen molar-refractivity contribution in [3.05, 3.63) is 24.8 Å². The molecule has 0 fully saturated rings. The van der Waals surface area contributed by atoms with Gasteiger partial charge in [0.15, 0.2) is 0 Å². The van der Waals surface area contributed by atoms with Crippen LogP contribution in [0.5, 0.6) is 5.75 Å². The molecule has 0 aromatic heterocycles. The molecule has 0 bridgehead atoms. The van der Waals surface area contributed by atoms with Gasteiger partial charge in [-0.05, 0) is 71.2 Å². The molecule has 0 atom stereocenters. The SMILES string of the molecule is CC(C)N=Cc1cc(I)cc(I)c1O. The number of phenols is 1. The number of rotatable bonds is 2. The van der Waals surface area contributed by atoms with E-state index in [0.717, 1.165) is 12.7 Å². The van der Waals surface area contributed by atoms with E-state index >= 15 is 0 Å². The first-order valence-electron chi connectivity index (χ1n) is 4.22. The van der Waals surface area contributed by atoms with Crippen LogP contribution < -0.4 is 0 Å². The Morgan fingerprint density at radius 2 is 2.00 bits per heavy atom. The Labute approximate surface area is 111 Å². The lowest BCUT2D eigenvalue weighted by Gasteiger charge is -2.03. The predicted molar refractivity (Wildman–Crippen MR) is 76.3 cm³/mol. The minimum atomic E-state index is 0.255. The minimum absolute atomic E-state index is 0.255. The molecule has 0 radical (unpaired) electrons. The second-order valence-electron chi connectivity index (χ2n) is 3.20. The van der Waals surface area contributed by atoms with E-state index in [1.165, 1.54) is 0 Å². The number of aliphatic imine (C=N–C) groups is 1. The molecule has 0 aliphatic heterocycles. The highest BCUT2D eigenvalue weighted by Gasteiger charge is 2.04. The molecule has 4 heteroatoms. The standard InChI is InChI=1S/C10H11I2NO/c1-6(2)13-5-7-3-8(11)4-9(12)10(7)14/h3-6,14H,1-2H3. The van der Waals surface area contributed by atoms with Crippen LogP contribution in [0.4, 0.5) is 0 Å². The van der Waals surface area contributed by atoms with Crippen LogP contribution in [0.2, 0.25) is 0 Å². The summed E-state index contributed by atoms with van der Waals surface area (Å²) < 4.78 is 1.97. The molecule has 1 N–H and O–H groups in total. The Kier molecular flexibility index (Phi) is 4.62. The summed E-state index contributed by atoms with van der Waals surface area (Å²) in [6.07, 6.45) is 1.73. The molecule has 1 aromatic carbocycles. The van der Waals surface area contributed by atoms with Crippen LogP contribution in [0, 0.1) is 7.14 Å². The van der Waals surface area contributed by atoms with Crippen LogP contribution in [-0.2, 0) is 0 Å². The van der Waals surface area contributed by atoms with Gasteiger partial charge >= 0.3 is 0 Å². The number of aromatic hydroxyl groups is 1. The average Bonchev–Trinajstić information content (AvgIpc) is 2.08. The Hall–Kier alpha value is 0.150. The number of halogens is 2. The van der Waals surface area contributed by atoms with Gasteiger partial charge in [0.1, 0.15) is 5.75 Å². The van der Waals surface area contributed by atoms with Crippen LogP contribution in [0.3, 0.4) is 0 Å². The summed E-state index contributed by atoms with van der Waals surface area (Å²) in [6.45, 7) is 4.01. The maximum absolute atomic E-state index is 9.73. The zero-order valence-electron chi connectivity index (χ0n) is 7.96. The quantitative estimate of drug-likeness (QED) is 0.583. The van der Waals surface area contributed by atoms with Gasteiger partial charge in [0, 0.05) is 21.4 Å². The molecule has 1 rings (SSSR count). The summed E-state index contributed by atoms with van der Waals surface area (Å²) >= 11 is 4.34. The van der Waals surface area contributed by atoms with Crippen molar-refractivity contribution in [3.8, 4) is 5.75 Å². The first kappa shape index (κ1) is 12.2. The van der Waals surface area contributed by atoms with E-state index in [4.69, 9.17) is 0 Å².